The van der Waals surface area contributed by atoms with E-state index in [4.69, 9.17) is 4.74 Å². The van der Waals surface area contributed by atoms with E-state index in [0.29, 0.717) is 36.7 Å². The summed E-state index contributed by atoms with van der Waals surface area (Å²) in [7, 11) is -3.66. The Bertz CT molecular complexity index is 999. The summed E-state index contributed by atoms with van der Waals surface area (Å²) in [5, 5.41) is 2.91. The van der Waals surface area contributed by atoms with E-state index < -0.39 is 10.0 Å². The van der Waals surface area contributed by atoms with Gasteiger partial charge < -0.3 is 10.1 Å². The van der Waals surface area contributed by atoms with Crippen LogP contribution in [0.4, 0.5) is 5.69 Å². The first-order chi connectivity index (χ1) is 14.5. The molecule has 0 unspecified atom stereocenters. The van der Waals surface area contributed by atoms with Gasteiger partial charge in [-0.2, -0.15) is 4.31 Å². The summed E-state index contributed by atoms with van der Waals surface area (Å²) in [5.41, 5.74) is 0.353. The maximum Gasteiger partial charge on any atom is 0.243 e. The van der Waals surface area contributed by atoms with Crippen LogP contribution in [0.5, 0.6) is 11.5 Å². The number of anilines is 1. The third-order valence-corrected chi connectivity index (χ3v) is 7.21. The van der Waals surface area contributed by atoms with Gasteiger partial charge in [-0.15, -0.1) is 0 Å². The van der Waals surface area contributed by atoms with Crippen molar-refractivity contribution in [1.82, 2.24) is 4.31 Å². The highest BCUT2D eigenvalue weighted by Gasteiger charge is 2.25. The lowest BCUT2D eigenvalue weighted by molar-refractivity contribution is -0.120. The monoisotopic (exact) mass is 428 g/mol. The number of ether oxygens (including phenoxy) is 1. The molecule has 2 aromatic carbocycles. The molecule has 0 radical (unpaired) electrons. The number of hydrogen-bond donors (Lipinski definition) is 1. The van der Waals surface area contributed by atoms with Crippen LogP contribution in [0.1, 0.15) is 33.1 Å². The first kappa shape index (κ1) is 22.1. The predicted molar refractivity (Wildman–Crippen MR) is 118 cm³/mol. The molecule has 1 aliphatic rings. The van der Waals surface area contributed by atoms with E-state index in [-0.39, 0.29) is 16.7 Å². The summed E-state index contributed by atoms with van der Waals surface area (Å²) in [4.78, 5) is 12.9. The number of allylic oxidation sites excluding steroid dienone is 2. The molecular weight excluding hydrogens is 400 g/mol. The fourth-order valence-corrected chi connectivity index (χ4v) is 4.94. The Labute approximate surface area is 178 Å². The van der Waals surface area contributed by atoms with E-state index in [9.17, 15) is 13.2 Å². The Balaban J connectivity index is 1.95. The van der Waals surface area contributed by atoms with Gasteiger partial charge in [-0.1, -0.05) is 44.2 Å². The molecular formula is C23H28N2O4S. The molecule has 0 saturated carbocycles. The number of nitrogens with zero attached hydrogens (tertiary/aromatic N) is 1. The lowest BCUT2D eigenvalue weighted by Crippen LogP contribution is -2.30. The van der Waals surface area contributed by atoms with Crippen molar-refractivity contribution in [2.45, 2.75) is 38.0 Å². The van der Waals surface area contributed by atoms with Gasteiger partial charge in [0.25, 0.3) is 0 Å². The molecule has 0 heterocycles. The van der Waals surface area contributed by atoms with Crippen LogP contribution in [0.3, 0.4) is 0 Å². The summed E-state index contributed by atoms with van der Waals surface area (Å²) < 4.78 is 33.3. The fraction of sp³-hybridized carbons (Fsp3) is 0.348. The smallest absolute Gasteiger partial charge is 0.243 e. The van der Waals surface area contributed by atoms with Crippen molar-refractivity contribution < 1.29 is 17.9 Å². The van der Waals surface area contributed by atoms with Crippen molar-refractivity contribution in [3.05, 3.63) is 60.7 Å². The van der Waals surface area contributed by atoms with E-state index in [1.54, 1.807) is 32.0 Å². The number of amides is 1. The maximum absolute atomic E-state index is 13.0. The molecule has 0 fully saturated rings. The van der Waals surface area contributed by atoms with Gasteiger partial charge >= 0.3 is 0 Å². The van der Waals surface area contributed by atoms with Crippen LogP contribution in [0, 0.1) is 5.92 Å². The van der Waals surface area contributed by atoms with E-state index in [0.717, 1.165) is 12.8 Å². The normalized spacial score (nSPS) is 16.4. The Morgan fingerprint density at radius 2 is 1.83 bits per heavy atom. The Hall–Kier alpha value is -2.64. The second kappa shape index (κ2) is 9.91. The molecule has 1 amide bonds. The summed E-state index contributed by atoms with van der Waals surface area (Å²) in [6.07, 6.45) is 6.40. The Morgan fingerprint density at radius 3 is 2.47 bits per heavy atom. The minimum Gasteiger partial charge on any atom is -0.455 e. The lowest BCUT2D eigenvalue weighted by atomic mass is 9.93. The molecule has 7 heteroatoms. The summed E-state index contributed by atoms with van der Waals surface area (Å²) in [6.45, 7) is 4.34. The number of carbonyl (C=O) groups is 1. The van der Waals surface area contributed by atoms with Gasteiger partial charge in [-0.05, 0) is 49.6 Å². The van der Waals surface area contributed by atoms with Gasteiger partial charge in [0, 0.05) is 19.0 Å². The van der Waals surface area contributed by atoms with Gasteiger partial charge in [-0.25, -0.2) is 8.42 Å². The molecule has 3 rings (SSSR count). The summed E-state index contributed by atoms with van der Waals surface area (Å²) >= 11 is 0. The third kappa shape index (κ3) is 5.09. The summed E-state index contributed by atoms with van der Waals surface area (Å²) in [6, 6.07) is 13.8. The molecule has 0 spiro atoms. The zero-order chi connectivity index (χ0) is 21.6. The van der Waals surface area contributed by atoms with Crippen molar-refractivity contribution in [3.63, 3.8) is 0 Å². The highest BCUT2D eigenvalue weighted by molar-refractivity contribution is 7.89. The van der Waals surface area contributed by atoms with Gasteiger partial charge in [0.1, 0.15) is 5.75 Å². The van der Waals surface area contributed by atoms with Gasteiger partial charge in [-0.3, -0.25) is 4.79 Å². The molecule has 0 aliphatic heterocycles. The molecule has 1 atom stereocenters. The average molecular weight is 429 g/mol. The third-order valence-electron chi connectivity index (χ3n) is 5.16. The first-order valence-electron chi connectivity index (χ1n) is 10.3. The molecule has 0 saturated heterocycles. The second-order valence-electron chi connectivity index (χ2n) is 7.13. The number of para-hydroxylation sites is 1. The molecule has 1 N–H and O–H groups in total. The minimum atomic E-state index is -3.66. The van der Waals surface area contributed by atoms with Crippen molar-refractivity contribution in [1.29, 1.82) is 0 Å². The van der Waals surface area contributed by atoms with Crippen LogP contribution in [0.15, 0.2) is 65.6 Å². The Kier molecular flexibility index (Phi) is 7.29. The maximum atomic E-state index is 13.0. The molecule has 0 aromatic heterocycles. The number of hydrogen-bond acceptors (Lipinski definition) is 4. The number of nitrogens with one attached hydrogen (secondary N) is 1. The van der Waals surface area contributed by atoms with Crippen LogP contribution in [-0.2, 0) is 14.8 Å². The largest absolute Gasteiger partial charge is 0.455 e. The molecule has 30 heavy (non-hydrogen) atoms. The highest BCUT2D eigenvalue weighted by Crippen LogP contribution is 2.33. The van der Waals surface area contributed by atoms with E-state index in [2.05, 4.69) is 11.4 Å². The molecule has 1 aliphatic carbocycles. The van der Waals surface area contributed by atoms with E-state index >= 15 is 0 Å². The van der Waals surface area contributed by atoms with Crippen LogP contribution in [-0.4, -0.2) is 31.7 Å². The lowest BCUT2D eigenvalue weighted by Gasteiger charge is -2.21. The fourth-order valence-electron chi connectivity index (χ4n) is 3.45. The van der Waals surface area contributed by atoms with Gasteiger partial charge in [0.2, 0.25) is 15.9 Å². The van der Waals surface area contributed by atoms with Crippen molar-refractivity contribution in [2.75, 3.05) is 18.4 Å². The minimum absolute atomic E-state index is 0.130. The second-order valence-corrected chi connectivity index (χ2v) is 9.07. The standard InChI is InChI=1S/C23H28N2O4S/c1-3-25(4-2)30(27,28)20-15-16-22(29-19-13-9-6-10-14-19)21(17-20)24-23(26)18-11-7-5-8-12-18/h5-7,9-10,13-18H,3-4,8,11-12H2,1-2H3,(H,24,26)/t18-/m1/s1. The van der Waals surface area contributed by atoms with Crippen molar-refractivity contribution in [3.8, 4) is 11.5 Å². The van der Waals surface area contributed by atoms with Crippen LogP contribution in [0.2, 0.25) is 0 Å². The highest BCUT2D eigenvalue weighted by atomic mass is 32.2. The number of sulfonamides is 1. The Morgan fingerprint density at radius 1 is 1.10 bits per heavy atom. The topological polar surface area (TPSA) is 75.7 Å². The van der Waals surface area contributed by atoms with Crippen molar-refractivity contribution >= 4 is 21.6 Å². The molecule has 160 valence electrons. The van der Waals surface area contributed by atoms with E-state index in [1.165, 1.54) is 16.4 Å². The SMILES string of the molecule is CCN(CC)S(=O)(=O)c1ccc(Oc2ccccc2)c(NC(=O)[C@@H]2CC=CCC2)c1. The quantitative estimate of drug-likeness (QED) is 0.613. The van der Waals surface area contributed by atoms with Gasteiger partial charge in [0.05, 0.1) is 10.6 Å². The zero-order valence-electron chi connectivity index (χ0n) is 17.4. The summed E-state index contributed by atoms with van der Waals surface area (Å²) in [5.74, 6) is 0.740. The van der Waals surface area contributed by atoms with Crippen LogP contribution in [0.25, 0.3) is 0 Å². The number of carbonyl (C=O) groups excluding carboxylic acids is 1. The molecule has 6 nitrogen and oxygen atoms in total. The number of benzene rings is 2. The first-order valence-corrected chi connectivity index (χ1v) is 11.7. The van der Waals surface area contributed by atoms with Crippen LogP contribution >= 0.6 is 0 Å². The predicted octanol–water partition coefficient (Wildman–Crippen LogP) is 4.80. The van der Waals surface area contributed by atoms with Gasteiger partial charge in [0.15, 0.2) is 5.75 Å². The number of rotatable bonds is 8. The molecule has 0 bridgehead atoms. The van der Waals surface area contributed by atoms with Crippen LogP contribution < -0.4 is 10.1 Å². The van der Waals surface area contributed by atoms with Crippen molar-refractivity contribution in [2.24, 2.45) is 5.92 Å². The molecule has 2 aromatic rings. The average Bonchev–Trinajstić information content (AvgIpc) is 2.77. The van der Waals surface area contributed by atoms with E-state index in [1.807, 2.05) is 24.3 Å². The zero-order valence-corrected chi connectivity index (χ0v) is 18.2.